The summed E-state index contributed by atoms with van der Waals surface area (Å²) >= 11 is 6.01. The Morgan fingerprint density at radius 1 is 1.35 bits per heavy atom. The van der Waals surface area contributed by atoms with Crippen LogP contribution in [0.25, 0.3) is 0 Å². The topological polar surface area (TPSA) is 66.5 Å². The van der Waals surface area contributed by atoms with Crippen LogP contribution in [-0.4, -0.2) is 32.7 Å². The molecule has 1 aromatic rings. The number of anilines is 1. The van der Waals surface area contributed by atoms with Crippen molar-refractivity contribution < 1.29 is 13.2 Å². The highest BCUT2D eigenvalue weighted by atomic mass is 35.5. The molecule has 1 saturated carbocycles. The first-order chi connectivity index (χ1) is 10.7. The van der Waals surface area contributed by atoms with Crippen molar-refractivity contribution in [1.82, 2.24) is 5.32 Å². The Balaban J connectivity index is 2.31. The van der Waals surface area contributed by atoms with Gasteiger partial charge in [0.1, 0.15) is 6.04 Å². The minimum atomic E-state index is -3.62. The summed E-state index contributed by atoms with van der Waals surface area (Å²) in [5, 5.41) is 3.39. The number of nitrogens with zero attached hydrogens (tertiary/aromatic N) is 1. The predicted molar refractivity (Wildman–Crippen MR) is 93.4 cm³/mol. The Kier molecular flexibility index (Phi) is 5.57. The van der Waals surface area contributed by atoms with Crippen molar-refractivity contribution in [3.63, 3.8) is 0 Å². The summed E-state index contributed by atoms with van der Waals surface area (Å²) < 4.78 is 25.7. The molecular formula is C16H23ClN2O3S. The summed E-state index contributed by atoms with van der Waals surface area (Å²) in [6.45, 7) is 3.40. The Labute approximate surface area is 143 Å². The molecule has 2 rings (SSSR count). The lowest BCUT2D eigenvalue weighted by atomic mass is 10.1. The Morgan fingerprint density at radius 3 is 2.52 bits per heavy atom. The predicted octanol–water partition coefficient (Wildman–Crippen LogP) is 2.86. The number of benzene rings is 1. The molecule has 1 aliphatic rings. The monoisotopic (exact) mass is 358 g/mol. The van der Waals surface area contributed by atoms with Crippen molar-refractivity contribution in [3.8, 4) is 0 Å². The number of amides is 1. The molecule has 1 fully saturated rings. The van der Waals surface area contributed by atoms with E-state index in [-0.39, 0.29) is 11.9 Å². The van der Waals surface area contributed by atoms with E-state index in [4.69, 9.17) is 11.6 Å². The lowest BCUT2D eigenvalue weighted by molar-refractivity contribution is -0.122. The molecule has 0 radical (unpaired) electrons. The average molecular weight is 359 g/mol. The van der Waals surface area contributed by atoms with Crippen LogP contribution < -0.4 is 9.62 Å². The van der Waals surface area contributed by atoms with Crippen LogP contribution in [-0.2, 0) is 14.8 Å². The van der Waals surface area contributed by atoms with Gasteiger partial charge in [0.2, 0.25) is 15.9 Å². The number of nitrogens with one attached hydrogen (secondary N) is 1. The third-order valence-corrected chi connectivity index (χ3v) is 5.66. The van der Waals surface area contributed by atoms with E-state index in [0.717, 1.165) is 41.8 Å². The summed E-state index contributed by atoms with van der Waals surface area (Å²) in [6.07, 6.45) is 5.21. The van der Waals surface area contributed by atoms with E-state index in [0.29, 0.717) is 10.7 Å². The number of sulfonamides is 1. The van der Waals surface area contributed by atoms with Crippen LogP contribution in [0.1, 0.15) is 38.2 Å². The van der Waals surface area contributed by atoms with E-state index in [1.807, 2.05) is 0 Å². The molecule has 0 spiro atoms. The minimum absolute atomic E-state index is 0.145. The molecule has 0 unspecified atom stereocenters. The highest BCUT2D eigenvalue weighted by Crippen LogP contribution is 2.28. The maximum absolute atomic E-state index is 12.5. The summed E-state index contributed by atoms with van der Waals surface area (Å²) in [5.41, 5.74) is 1.19. The van der Waals surface area contributed by atoms with Crippen LogP contribution in [0.5, 0.6) is 0 Å². The van der Waals surface area contributed by atoms with Gasteiger partial charge < -0.3 is 5.32 Å². The Hall–Kier alpha value is -1.27. The number of hydrogen-bond donors (Lipinski definition) is 1. The fraction of sp³-hybridized carbons (Fsp3) is 0.562. The van der Waals surface area contributed by atoms with E-state index in [9.17, 15) is 13.2 Å². The summed E-state index contributed by atoms with van der Waals surface area (Å²) in [7, 11) is -3.62. The van der Waals surface area contributed by atoms with Gasteiger partial charge in [0.05, 0.1) is 11.9 Å². The van der Waals surface area contributed by atoms with Crippen molar-refractivity contribution >= 4 is 33.2 Å². The molecule has 0 saturated heterocycles. The van der Waals surface area contributed by atoms with Gasteiger partial charge in [-0.05, 0) is 44.4 Å². The molecule has 128 valence electrons. The van der Waals surface area contributed by atoms with E-state index in [2.05, 4.69) is 5.32 Å². The number of carbonyl (C=O) groups excluding carboxylic acids is 1. The van der Waals surface area contributed by atoms with Gasteiger partial charge in [0, 0.05) is 11.1 Å². The van der Waals surface area contributed by atoms with Crippen LogP contribution in [0.4, 0.5) is 5.69 Å². The molecule has 1 aromatic carbocycles. The molecule has 0 aliphatic heterocycles. The Morgan fingerprint density at radius 2 is 1.96 bits per heavy atom. The highest BCUT2D eigenvalue weighted by Gasteiger charge is 2.31. The van der Waals surface area contributed by atoms with Crippen molar-refractivity contribution in [1.29, 1.82) is 0 Å². The van der Waals surface area contributed by atoms with E-state index in [1.54, 1.807) is 32.0 Å². The van der Waals surface area contributed by atoms with Crippen molar-refractivity contribution in [2.45, 2.75) is 51.6 Å². The lowest BCUT2D eigenvalue weighted by Gasteiger charge is -2.30. The van der Waals surface area contributed by atoms with E-state index in [1.165, 1.54) is 0 Å². The number of halogens is 1. The van der Waals surface area contributed by atoms with Gasteiger partial charge in [-0.25, -0.2) is 8.42 Å². The van der Waals surface area contributed by atoms with Gasteiger partial charge in [0.15, 0.2) is 0 Å². The maximum Gasteiger partial charge on any atom is 0.243 e. The van der Waals surface area contributed by atoms with Gasteiger partial charge in [-0.15, -0.1) is 0 Å². The molecule has 7 heteroatoms. The smallest absolute Gasteiger partial charge is 0.243 e. The average Bonchev–Trinajstić information content (AvgIpc) is 2.94. The largest absolute Gasteiger partial charge is 0.352 e. The standard InChI is InChI=1S/C16H23ClN2O3S/c1-11-8-9-13(17)10-15(11)19(23(3,21)22)12(2)16(20)18-14-6-4-5-7-14/h8-10,12,14H,4-7H2,1-3H3,(H,18,20)/t12-/m0/s1. The van der Waals surface area contributed by atoms with Gasteiger partial charge in [-0.2, -0.15) is 0 Å². The fourth-order valence-electron chi connectivity index (χ4n) is 2.99. The van der Waals surface area contributed by atoms with Gasteiger partial charge >= 0.3 is 0 Å². The Bertz CT molecular complexity index is 685. The molecule has 1 N–H and O–H groups in total. The first-order valence-electron chi connectivity index (χ1n) is 7.76. The highest BCUT2D eigenvalue weighted by molar-refractivity contribution is 7.92. The molecule has 1 aliphatic carbocycles. The first-order valence-corrected chi connectivity index (χ1v) is 9.98. The summed E-state index contributed by atoms with van der Waals surface area (Å²) in [6, 6.07) is 4.34. The zero-order valence-corrected chi connectivity index (χ0v) is 15.2. The number of rotatable bonds is 5. The third-order valence-electron chi connectivity index (χ3n) is 4.20. The quantitative estimate of drug-likeness (QED) is 0.880. The molecule has 5 nitrogen and oxygen atoms in total. The second-order valence-corrected chi connectivity index (χ2v) is 8.45. The molecule has 1 atom stereocenters. The van der Waals surface area contributed by atoms with Crippen molar-refractivity contribution in [3.05, 3.63) is 28.8 Å². The van der Waals surface area contributed by atoms with Gasteiger partial charge in [-0.3, -0.25) is 9.10 Å². The summed E-state index contributed by atoms with van der Waals surface area (Å²) in [4.78, 5) is 12.5. The van der Waals surface area contributed by atoms with E-state index >= 15 is 0 Å². The third kappa shape index (κ3) is 4.38. The molecule has 1 amide bonds. The molecule has 0 bridgehead atoms. The summed E-state index contributed by atoms with van der Waals surface area (Å²) in [5.74, 6) is -0.276. The second kappa shape index (κ2) is 7.09. The number of hydrogen-bond acceptors (Lipinski definition) is 3. The van der Waals surface area contributed by atoms with Crippen LogP contribution in [0.3, 0.4) is 0 Å². The molecular weight excluding hydrogens is 336 g/mol. The lowest BCUT2D eigenvalue weighted by Crippen LogP contribution is -2.50. The van der Waals surface area contributed by atoms with Crippen LogP contribution in [0, 0.1) is 6.92 Å². The van der Waals surface area contributed by atoms with Crippen LogP contribution >= 0.6 is 11.6 Å². The van der Waals surface area contributed by atoms with Crippen LogP contribution in [0.15, 0.2) is 18.2 Å². The van der Waals surface area contributed by atoms with Gasteiger partial charge in [0.25, 0.3) is 0 Å². The molecule has 23 heavy (non-hydrogen) atoms. The normalized spacial score (nSPS) is 17.0. The second-order valence-electron chi connectivity index (χ2n) is 6.16. The van der Waals surface area contributed by atoms with Gasteiger partial charge in [-0.1, -0.05) is 30.5 Å². The van der Waals surface area contributed by atoms with E-state index < -0.39 is 16.1 Å². The zero-order chi connectivity index (χ0) is 17.2. The first kappa shape index (κ1) is 18.1. The minimum Gasteiger partial charge on any atom is -0.352 e. The number of aryl methyl sites for hydroxylation is 1. The molecule has 0 heterocycles. The van der Waals surface area contributed by atoms with Crippen molar-refractivity contribution in [2.24, 2.45) is 0 Å². The fourth-order valence-corrected chi connectivity index (χ4v) is 4.38. The maximum atomic E-state index is 12.5. The number of carbonyl (C=O) groups is 1. The zero-order valence-electron chi connectivity index (χ0n) is 13.7. The van der Waals surface area contributed by atoms with Crippen LogP contribution in [0.2, 0.25) is 5.02 Å². The SMILES string of the molecule is Cc1ccc(Cl)cc1N([C@@H](C)C(=O)NC1CCCC1)S(C)(=O)=O. The molecule has 0 aromatic heterocycles. The van der Waals surface area contributed by atoms with Crippen molar-refractivity contribution in [2.75, 3.05) is 10.6 Å².